The second-order valence-electron chi connectivity index (χ2n) is 3.15. The number of nitrogens with one attached hydrogen (secondary N) is 1. The number of urea groups is 1. The number of nitrogens with two attached hydrogens (primary N) is 1. The Balaban J connectivity index is 2.33. The van der Waals surface area contributed by atoms with Gasteiger partial charge in [0.25, 0.3) is 0 Å². The molecule has 0 radical (unpaired) electrons. The largest absolute Gasteiger partial charge is 0.351 e. The van der Waals surface area contributed by atoms with Gasteiger partial charge in [-0.25, -0.2) is 4.79 Å². The topological polar surface area (TPSA) is 96.0 Å². The molecule has 0 aliphatic carbocycles. The van der Waals surface area contributed by atoms with Crippen molar-refractivity contribution in [2.75, 3.05) is 5.75 Å². The Labute approximate surface area is 103 Å². The molecule has 5 nitrogen and oxygen atoms in total. The first kappa shape index (κ1) is 13.1. The van der Waals surface area contributed by atoms with Crippen LogP contribution < -0.4 is 11.1 Å². The van der Waals surface area contributed by atoms with Crippen molar-refractivity contribution >= 4 is 23.7 Å². The normalized spacial score (nSPS) is 9.35. The van der Waals surface area contributed by atoms with Crippen LogP contribution >= 0.6 is 11.8 Å². The lowest BCUT2D eigenvalue weighted by Crippen LogP contribution is -2.35. The summed E-state index contributed by atoms with van der Waals surface area (Å²) in [5, 5.41) is 10.6. The van der Waals surface area contributed by atoms with Gasteiger partial charge in [0.05, 0.1) is 11.6 Å². The van der Waals surface area contributed by atoms with E-state index in [2.05, 4.69) is 0 Å². The van der Waals surface area contributed by atoms with Crippen LogP contribution in [0.25, 0.3) is 0 Å². The van der Waals surface area contributed by atoms with Crippen LogP contribution in [0.4, 0.5) is 4.79 Å². The SMILES string of the molecule is N#Cc1ccc(SCCC(=O)NC(N)=O)cc1. The van der Waals surface area contributed by atoms with Crippen LogP contribution in [0.3, 0.4) is 0 Å². The summed E-state index contributed by atoms with van der Waals surface area (Å²) >= 11 is 1.47. The van der Waals surface area contributed by atoms with E-state index >= 15 is 0 Å². The molecular formula is C11H11N3O2S. The zero-order valence-corrected chi connectivity index (χ0v) is 9.79. The fraction of sp³-hybridized carbons (Fsp3) is 0.182. The van der Waals surface area contributed by atoms with Gasteiger partial charge in [-0.3, -0.25) is 10.1 Å². The third-order valence-electron chi connectivity index (χ3n) is 1.84. The van der Waals surface area contributed by atoms with Crippen molar-refractivity contribution in [2.45, 2.75) is 11.3 Å². The monoisotopic (exact) mass is 249 g/mol. The maximum atomic E-state index is 11.1. The van der Waals surface area contributed by atoms with Crippen molar-refractivity contribution in [1.29, 1.82) is 5.26 Å². The Morgan fingerprint density at radius 2 is 2.00 bits per heavy atom. The van der Waals surface area contributed by atoms with E-state index in [1.807, 2.05) is 23.5 Å². The van der Waals surface area contributed by atoms with E-state index in [1.165, 1.54) is 11.8 Å². The number of rotatable bonds is 4. The minimum atomic E-state index is -0.835. The number of carbonyl (C=O) groups is 2. The zero-order valence-electron chi connectivity index (χ0n) is 8.97. The van der Waals surface area contributed by atoms with Crippen molar-refractivity contribution < 1.29 is 9.59 Å². The molecule has 0 saturated heterocycles. The average molecular weight is 249 g/mol. The second kappa shape index (κ2) is 6.55. The van der Waals surface area contributed by atoms with Gasteiger partial charge >= 0.3 is 6.03 Å². The first-order valence-electron chi connectivity index (χ1n) is 4.84. The summed E-state index contributed by atoms with van der Waals surface area (Å²) < 4.78 is 0. The molecule has 6 heteroatoms. The van der Waals surface area contributed by atoms with E-state index < -0.39 is 11.9 Å². The van der Waals surface area contributed by atoms with Crippen LogP contribution in [0.5, 0.6) is 0 Å². The highest BCUT2D eigenvalue weighted by atomic mass is 32.2. The summed E-state index contributed by atoms with van der Waals surface area (Å²) in [5.74, 6) is 0.156. The van der Waals surface area contributed by atoms with E-state index in [1.54, 1.807) is 12.1 Å². The summed E-state index contributed by atoms with van der Waals surface area (Å²) in [6.45, 7) is 0. The molecule has 0 aliphatic heterocycles. The smallest absolute Gasteiger partial charge is 0.318 e. The van der Waals surface area contributed by atoms with Gasteiger partial charge in [0.2, 0.25) is 5.91 Å². The van der Waals surface area contributed by atoms with Crippen LogP contribution in [0.1, 0.15) is 12.0 Å². The molecule has 0 aromatic heterocycles. The highest BCUT2D eigenvalue weighted by Crippen LogP contribution is 2.18. The summed E-state index contributed by atoms with van der Waals surface area (Å²) in [6, 6.07) is 8.25. The number of primary amides is 1. The lowest BCUT2D eigenvalue weighted by atomic mass is 10.2. The molecule has 1 rings (SSSR count). The predicted octanol–water partition coefficient (Wildman–Crippen LogP) is 1.24. The maximum absolute atomic E-state index is 11.1. The van der Waals surface area contributed by atoms with Crippen molar-refractivity contribution in [1.82, 2.24) is 5.32 Å². The van der Waals surface area contributed by atoms with Crippen molar-refractivity contribution in [3.8, 4) is 6.07 Å². The molecule has 1 aromatic carbocycles. The predicted molar refractivity (Wildman–Crippen MR) is 64.2 cm³/mol. The highest BCUT2D eigenvalue weighted by Gasteiger charge is 2.04. The molecular weight excluding hydrogens is 238 g/mol. The Morgan fingerprint density at radius 3 is 2.53 bits per heavy atom. The first-order chi connectivity index (χ1) is 8.11. The highest BCUT2D eigenvalue weighted by molar-refractivity contribution is 7.99. The number of hydrogen-bond acceptors (Lipinski definition) is 4. The summed E-state index contributed by atoms with van der Waals surface area (Å²) in [7, 11) is 0. The molecule has 0 atom stereocenters. The van der Waals surface area contributed by atoms with Crippen molar-refractivity contribution in [3.63, 3.8) is 0 Å². The van der Waals surface area contributed by atoms with E-state index in [0.29, 0.717) is 11.3 Å². The third-order valence-corrected chi connectivity index (χ3v) is 2.86. The lowest BCUT2D eigenvalue weighted by molar-refractivity contribution is -0.119. The van der Waals surface area contributed by atoms with Gasteiger partial charge in [-0.15, -0.1) is 11.8 Å². The van der Waals surface area contributed by atoms with Gasteiger partial charge < -0.3 is 5.73 Å². The van der Waals surface area contributed by atoms with E-state index in [9.17, 15) is 9.59 Å². The molecule has 88 valence electrons. The summed E-state index contributed by atoms with van der Waals surface area (Å²) in [4.78, 5) is 22.4. The number of imide groups is 1. The fourth-order valence-corrected chi connectivity index (χ4v) is 1.94. The number of thioether (sulfide) groups is 1. The molecule has 0 fully saturated rings. The first-order valence-corrected chi connectivity index (χ1v) is 5.82. The zero-order chi connectivity index (χ0) is 12.7. The Bertz CT molecular complexity index is 451. The number of amides is 3. The van der Waals surface area contributed by atoms with Crippen LogP contribution in [-0.4, -0.2) is 17.7 Å². The minimum absolute atomic E-state index is 0.216. The lowest BCUT2D eigenvalue weighted by Gasteiger charge is -2.01. The number of nitrogens with zero attached hydrogens (tertiary/aromatic N) is 1. The molecule has 0 aliphatic rings. The van der Waals surface area contributed by atoms with E-state index in [4.69, 9.17) is 11.0 Å². The Hall–Kier alpha value is -2.00. The standard InChI is InChI=1S/C11H11N3O2S/c12-7-8-1-3-9(4-2-8)17-6-5-10(15)14-11(13)16/h1-4H,5-6H2,(H3,13,14,15,16). The van der Waals surface area contributed by atoms with Gasteiger partial charge in [-0.1, -0.05) is 0 Å². The van der Waals surface area contributed by atoms with Crippen LogP contribution in [-0.2, 0) is 4.79 Å². The molecule has 1 aromatic rings. The van der Waals surface area contributed by atoms with E-state index in [0.717, 1.165) is 4.90 Å². The Morgan fingerprint density at radius 1 is 1.35 bits per heavy atom. The van der Waals surface area contributed by atoms with Gasteiger partial charge in [-0.2, -0.15) is 5.26 Å². The van der Waals surface area contributed by atoms with Crippen LogP contribution in [0.15, 0.2) is 29.2 Å². The molecule has 3 amide bonds. The Kier molecular flexibility index (Phi) is 5.04. The van der Waals surface area contributed by atoms with Gasteiger partial charge in [-0.05, 0) is 24.3 Å². The molecule has 0 saturated carbocycles. The molecule has 0 spiro atoms. The third kappa shape index (κ3) is 5.04. The molecule has 3 N–H and O–H groups in total. The number of hydrogen-bond donors (Lipinski definition) is 2. The van der Waals surface area contributed by atoms with Gasteiger partial charge in [0, 0.05) is 17.1 Å². The van der Waals surface area contributed by atoms with E-state index in [-0.39, 0.29) is 6.42 Å². The fourth-order valence-electron chi connectivity index (χ4n) is 1.09. The number of carbonyl (C=O) groups excluding carboxylic acids is 2. The van der Waals surface area contributed by atoms with Crippen LogP contribution in [0.2, 0.25) is 0 Å². The van der Waals surface area contributed by atoms with Crippen molar-refractivity contribution in [3.05, 3.63) is 29.8 Å². The summed E-state index contributed by atoms with van der Waals surface area (Å²) in [5.41, 5.74) is 5.40. The molecule has 0 heterocycles. The second-order valence-corrected chi connectivity index (χ2v) is 4.32. The van der Waals surface area contributed by atoms with Gasteiger partial charge in [0.1, 0.15) is 0 Å². The van der Waals surface area contributed by atoms with Crippen molar-refractivity contribution in [2.24, 2.45) is 5.73 Å². The maximum Gasteiger partial charge on any atom is 0.318 e. The average Bonchev–Trinajstić information content (AvgIpc) is 2.29. The summed E-state index contributed by atoms with van der Waals surface area (Å²) in [6.07, 6.45) is 0.216. The van der Waals surface area contributed by atoms with Crippen LogP contribution in [0, 0.1) is 11.3 Å². The number of benzene rings is 1. The quantitative estimate of drug-likeness (QED) is 0.784. The number of nitriles is 1. The molecule has 0 unspecified atom stereocenters. The molecule has 0 bridgehead atoms. The van der Waals surface area contributed by atoms with Gasteiger partial charge in [0.15, 0.2) is 0 Å². The molecule has 17 heavy (non-hydrogen) atoms. The minimum Gasteiger partial charge on any atom is -0.351 e.